The van der Waals surface area contributed by atoms with Gasteiger partial charge in [-0.2, -0.15) is 5.10 Å². The number of carbonyl (C=O) groups excluding carboxylic acids is 1. The summed E-state index contributed by atoms with van der Waals surface area (Å²) < 4.78 is 32.9. The molecule has 4 aromatic rings. The standard InChI is InChI=1S/C20H15N5O4S2/c26-19(18-3-1-12-30-18)24-23-13-15-6-9-17(29-15)14-4-7-16(8-5-14)31(27,28)25-20-21-10-2-11-22-20/h1-13H,(H,24,26)(H,21,22,25)/b23-13-. The number of hydrogen-bond acceptors (Lipinski definition) is 8. The quantitative estimate of drug-likeness (QED) is 0.326. The largest absolute Gasteiger partial charge is 0.455 e. The molecule has 0 atom stereocenters. The average molecular weight is 454 g/mol. The number of anilines is 1. The first-order chi connectivity index (χ1) is 15.0. The first kappa shape index (κ1) is 20.4. The molecule has 0 aliphatic heterocycles. The van der Waals surface area contributed by atoms with E-state index in [1.165, 1.54) is 42.1 Å². The van der Waals surface area contributed by atoms with E-state index in [2.05, 4.69) is 25.2 Å². The number of carbonyl (C=O) groups is 1. The van der Waals surface area contributed by atoms with Crippen molar-refractivity contribution in [3.63, 3.8) is 0 Å². The Morgan fingerprint density at radius 2 is 1.81 bits per heavy atom. The Morgan fingerprint density at radius 1 is 1.03 bits per heavy atom. The monoisotopic (exact) mass is 453 g/mol. The average Bonchev–Trinajstić information content (AvgIpc) is 3.47. The van der Waals surface area contributed by atoms with Crippen molar-refractivity contribution in [1.29, 1.82) is 0 Å². The van der Waals surface area contributed by atoms with Gasteiger partial charge in [0.25, 0.3) is 15.9 Å². The Morgan fingerprint density at radius 3 is 2.52 bits per heavy atom. The van der Waals surface area contributed by atoms with E-state index in [1.807, 2.05) is 0 Å². The number of hydrogen-bond donors (Lipinski definition) is 2. The molecule has 4 rings (SSSR count). The van der Waals surface area contributed by atoms with Gasteiger partial charge in [-0.15, -0.1) is 11.3 Å². The van der Waals surface area contributed by atoms with Crippen molar-refractivity contribution in [3.05, 3.63) is 83.0 Å². The lowest BCUT2D eigenvalue weighted by molar-refractivity contribution is 0.0959. The number of nitrogens with zero attached hydrogens (tertiary/aromatic N) is 3. The van der Waals surface area contributed by atoms with Crippen LogP contribution < -0.4 is 10.1 Å². The highest BCUT2D eigenvalue weighted by molar-refractivity contribution is 7.92. The van der Waals surface area contributed by atoms with Gasteiger partial charge in [-0.25, -0.2) is 28.5 Å². The highest BCUT2D eigenvalue weighted by Crippen LogP contribution is 2.24. The molecule has 0 aliphatic carbocycles. The summed E-state index contributed by atoms with van der Waals surface area (Å²) in [5.74, 6) is 0.646. The van der Waals surface area contributed by atoms with Crippen molar-refractivity contribution in [2.24, 2.45) is 5.10 Å². The van der Waals surface area contributed by atoms with Gasteiger partial charge in [0.1, 0.15) is 11.5 Å². The number of amides is 1. The molecule has 0 aliphatic rings. The van der Waals surface area contributed by atoms with E-state index >= 15 is 0 Å². The van der Waals surface area contributed by atoms with Gasteiger partial charge in [-0.05, 0) is 53.9 Å². The van der Waals surface area contributed by atoms with Gasteiger partial charge in [0, 0.05) is 18.0 Å². The maximum Gasteiger partial charge on any atom is 0.281 e. The summed E-state index contributed by atoms with van der Waals surface area (Å²) in [4.78, 5) is 20.2. The smallest absolute Gasteiger partial charge is 0.281 e. The second-order valence-electron chi connectivity index (χ2n) is 6.08. The zero-order valence-electron chi connectivity index (χ0n) is 15.8. The summed E-state index contributed by atoms with van der Waals surface area (Å²) in [5.41, 5.74) is 3.10. The molecule has 0 radical (unpaired) electrons. The fourth-order valence-corrected chi connectivity index (χ4v) is 4.10. The van der Waals surface area contributed by atoms with Crippen LogP contribution in [0.3, 0.4) is 0 Å². The van der Waals surface area contributed by atoms with Crippen LogP contribution in [-0.4, -0.2) is 30.5 Å². The summed E-state index contributed by atoms with van der Waals surface area (Å²) >= 11 is 1.32. The van der Waals surface area contributed by atoms with Crippen molar-refractivity contribution >= 4 is 39.4 Å². The van der Waals surface area contributed by atoms with E-state index in [0.29, 0.717) is 22.0 Å². The molecule has 0 spiro atoms. The predicted molar refractivity (Wildman–Crippen MR) is 116 cm³/mol. The minimum absolute atomic E-state index is 0.00675. The van der Waals surface area contributed by atoms with E-state index in [-0.39, 0.29) is 16.8 Å². The normalized spacial score (nSPS) is 11.5. The van der Waals surface area contributed by atoms with Crippen molar-refractivity contribution in [1.82, 2.24) is 15.4 Å². The third kappa shape index (κ3) is 5.02. The molecule has 11 heteroatoms. The third-order valence-corrected chi connectivity index (χ3v) is 6.18. The molecule has 156 valence electrons. The Kier molecular flexibility index (Phi) is 5.87. The van der Waals surface area contributed by atoms with Crippen LogP contribution in [0.15, 0.2) is 86.8 Å². The molecule has 0 bridgehead atoms. The van der Waals surface area contributed by atoms with Crippen molar-refractivity contribution in [3.8, 4) is 11.3 Å². The van der Waals surface area contributed by atoms with E-state index in [1.54, 1.807) is 47.8 Å². The van der Waals surface area contributed by atoms with Crippen LogP contribution in [0.4, 0.5) is 5.95 Å². The second kappa shape index (κ2) is 8.90. The first-order valence-corrected chi connectivity index (χ1v) is 11.2. The molecule has 31 heavy (non-hydrogen) atoms. The third-order valence-electron chi connectivity index (χ3n) is 3.97. The number of thiophene rings is 1. The van der Waals surface area contributed by atoms with Gasteiger partial charge in [0.15, 0.2) is 0 Å². The Labute approximate surface area is 181 Å². The van der Waals surface area contributed by atoms with Crippen LogP contribution in [-0.2, 0) is 10.0 Å². The summed E-state index contributed by atoms with van der Waals surface area (Å²) in [6.07, 6.45) is 4.27. The lowest BCUT2D eigenvalue weighted by Crippen LogP contribution is -2.15. The van der Waals surface area contributed by atoms with Crippen molar-refractivity contribution in [2.75, 3.05) is 4.72 Å². The number of rotatable bonds is 7. The molecular formula is C20H15N5O4S2. The maximum atomic E-state index is 12.4. The van der Waals surface area contributed by atoms with Gasteiger partial charge in [0.05, 0.1) is 16.0 Å². The minimum atomic E-state index is -3.81. The summed E-state index contributed by atoms with van der Waals surface area (Å²) in [7, 11) is -3.81. The molecule has 3 aromatic heterocycles. The molecule has 9 nitrogen and oxygen atoms in total. The Hall–Kier alpha value is -3.83. The van der Waals surface area contributed by atoms with E-state index in [4.69, 9.17) is 4.42 Å². The van der Waals surface area contributed by atoms with Gasteiger partial charge in [-0.1, -0.05) is 6.07 Å². The molecule has 2 N–H and O–H groups in total. The number of nitrogens with one attached hydrogen (secondary N) is 2. The van der Waals surface area contributed by atoms with Crippen LogP contribution in [0.1, 0.15) is 15.4 Å². The predicted octanol–water partition coefficient (Wildman–Crippen LogP) is 3.36. The maximum absolute atomic E-state index is 12.4. The van der Waals surface area contributed by atoms with Gasteiger partial charge >= 0.3 is 0 Å². The number of sulfonamides is 1. The SMILES string of the molecule is O=C(N/N=C\c1ccc(-c2ccc(S(=O)(=O)Nc3ncccn3)cc2)o1)c1cccs1. The van der Waals surface area contributed by atoms with E-state index in [0.717, 1.165) is 0 Å². The lowest BCUT2D eigenvalue weighted by Gasteiger charge is -2.06. The molecule has 0 unspecified atom stereocenters. The van der Waals surface area contributed by atoms with Crippen molar-refractivity contribution < 1.29 is 17.6 Å². The van der Waals surface area contributed by atoms with Crippen LogP contribution in [0.5, 0.6) is 0 Å². The second-order valence-corrected chi connectivity index (χ2v) is 8.71. The van der Waals surface area contributed by atoms with Gasteiger partial charge in [-0.3, -0.25) is 4.79 Å². The van der Waals surface area contributed by atoms with E-state index in [9.17, 15) is 13.2 Å². The minimum Gasteiger partial charge on any atom is -0.455 e. The van der Waals surface area contributed by atoms with Crippen LogP contribution in [0.2, 0.25) is 0 Å². The molecule has 0 fully saturated rings. The lowest BCUT2D eigenvalue weighted by atomic mass is 10.2. The van der Waals surface area contributed by atoms with Crippen LogP contribution >= 0.6 is 11.3 Å². The zero-order chi connectivity index (χ0) is 21.7. The Bertz CT molecular complexity index is 1300. The van der Waals surface area contributed by atoms with Crippen LogP contribution in [0.25, 0.3) is 11.3 Å². The highest BCUT2D eigenvalue weighted by Gasteiger charge is 2.16. The molecule has 0 saturated carbocycles. The van der Waals surface area contributed by atoms with E-state index < -0.39 is 10.0 Å². The highest BCUT2D eigenvalue weighted by atomic mass is 32.2. The number of aromatic nitrogens is 2. The summed E-state index contributed by atoms with van der Waals surface area (Å²) in [6.45, 7) is 0. The zero-order valence-corrected chi connectivity index (χ0v) is 17.4. The summed E-state index contributed by atoms with van der Waals surface area (Å²) in [6, 6.07) is 14.6. The topological polar surface area (TPSA) is 127 Å². The number of furan rings is 1. The Balaban J connectivity index is 1.42. The van der Waals surface area contributed by atoms with Crippen molar-refractivity contribution in [2.45, 2.75) is 4.90 Å². The van der Waals surface area contributed by atoms with Gasteiger partial charge < -0.3 is 4.42 Å². The fourth-order valence-electron chi connectivity index (χ4n) is 2.52. The molecule has 1 aromatic carbocycles. The fraction of sp³-hybridized carbons (Fsp3) is 0. The first-order valence-electron chi connectivity index (χ1n) is 8.88. The molecule has 1 amide bonds. The van der Waals surface area contributed by atoms with Gasteiger partial charge in [0.2, 0.25) is 5.95 Å². The summed E-state index contributed by atoms with van der Waals surface area (Å²) in [5, 5.41) is 5.68. The molecule has 0 saturated heterocycles. The number of benzene rings is 1. The molecular weight excluding hydrogens is 438 g/mol. The molecule has 3 heterocycles. The number of hydrazone groups is 1. The van der Waals surface area contributed by atoms with Crippen LogP contribution in [0, 0.1) is 0 Å².